The number of hydrogen-bond donors (Lipinski definition) is 2. The smallest absolute Gasteiger partial charge is 0.223 e. The maximum atomic E-state index is 12.0. The maximum Gasteiger partial charge on any atom is 0.223 e. The zero-order valence-electron chi connectivity index (χ0n) is 12.9. The molecule has 0 heterocycles. The maximum absolute atomic E-state index is 12.0. The van der Waals surface area contributed by atoms with E-state index in [0.717, 1.165) is 16.9 Å². The average Bonchev–Trinajstić information content (AvgIpc) is 2.59. The fraction of sp³-hybridized carbons (Fsp3) is 0.211. The highest BCUT2D eigenvalue weighted by atomic mass is 16.5. The van der Waals surface area contributed by atoms with Crippen molar-refractivity contribution in [2.75, 3.05) is 6.61 Å². The Morgan fingerprint density at radius 2 is 1.87 bits per heavy atom. The minimum atomic E-state index is -0.802. The summed E-state index contributed by atoms with van der Waals surface area (Å²) in [6.45, 7) is 4.39. The molecule has 0 radical (unpaired) electrons. The Labute approximate surface area is 136 Å². The van der Waals surface area contributed by atoms with Crippen LogP contribution in [-0.4, -0.2) is 17.6 Å². The first-order valence-electron chi connectivity index (χ1n) is 7.52. The van der Waals surface area contributed by atoms with Crippen molar-refractivity contribution in [3.05, 3.63) is 78.4 Å². The molecular weight excluding hydrogens is 290 g/mol. The largest absolute Gasteiger partial charge is 0.489 e. The van der Waals surface area contributed by atoms with Gasteiger partial charge in [0.15, 0.2) is 0 Å². The molecule has 4 nitrogen and oxygen atoms in total. The second-order valence-corrected chi connectivity index (χ2v) is 5.11. The molecule has 2 rings (SSSR count). The molecule has 0 aliphatic carbocycles. The molecule has 0 bridgehead atoms. The van der Waals surface area contributed by atoms with Gasteiger partial charge in [0.25, 0.3) is 0 Å². The van der Waals surface area contributed by atoms with Crippen molar-refractivity contribution in [3.63, 3.8) is 0 Å². The van der Waals surface area contributed by atoms with E-state index in [4.69, 9.17) is 4.74 Å². The van der Waals surface area contributed by atoms with Gasteiger partial charge in [0.05, 0.1) is 12.5 Å². The molecule has 23 heavy (non-hydrogen) atoms. The first-order valence-corrected chi connectivity index (χ1v) is 7.52. The van der Waals surface area contributed by atoms with Gasteiger partial charge in [0, 0.05) is 12.1 Å². The number of aliphatic hydroxyl groups excluding tert-OH is 1. The summed E-state index contributed by atoms with van der Waals surface area (Å²) in [5.74, 6) is 0.510. The first kappa shape index (κ1) is 16.8. The molecule has 0 aliphatic heterocycles. The highest BCUT2D eigenvalue weighted by molar-refractivity contribution is 5.76. The fourth-order valence-electron chi connectivity index (χ4n) is 2.17. The molecule has 2 aromatic rings. The van der Waals surface area contributed by atoms with E-state index in [1.54, 1.807) is 18.2 Å². The number of carbonyl (C=O) groups excluding carboxylic acids is 1. The van der Waals surface area contributed by atoms with Crippen molar-refractivity contribution in [1.29, 1.82) is 0 Å². The van der Waals surface area contributed by atoms with Crippen LogP contribution in [0, 0.1) is 0 Å². The van der Waals surface area contributed by atoms with Gasteiger partial charge in [-0.05, 0) is 11.6 Å². The van der Waals surface area contributed by atoms with E-state index in [2.05, 4.69) is 11.9 Å². The lowest BCUT2D eigenvalue weighted by molar-refractivity contribution is -0.123. The third kappa shape index (κ3) is 5.27. The second kappa shape index (κ2) is 8.76. The Kier molecular flexibility index (Phi) is 6.39. The van der Waals surface area contributed by atoms with E-state index < -0.39 is 6.10 Å². The first-order chi connectivity index (χ1) is 11.2. The minimum Gasteiger partial charge on any atom is -0.489 e. The lowest BCUT2D eigenvalue weighted by atomic mass is 10.1. The van der Waals surface area contributed by atoms with Gasteiger partial charge in [-0.25, -0.2) is 0 Å². The lowest BCUT2D eigenvalue weighted by Gasteiger charge is -2.13. The van der Waals surface area contributed by atoms with Gasteiger partial charge in [-0.1, -0.05) is 61.2 Å². The van der Waals surface area contributed by atoms with Crippen LogP contribution in [0.5, 0.6) is 5.75 Å². The molecule has 0 saturated carbocycles. The zero-order chi connectivity index (χ0) is 16.5. The van der Waals surface area contributed by atoms with Crippen molar-refractivity contribution in [3.8, 4) is 5.75 Å². The highest BCUT2D eigenvalue weighted by Gasteiger charge is 2.13. The van der Waals surface area contributed by atoms with Crippen molar-refractivity contribution >= 4 is 5.91 Å². The molecule has 4 heteroatoms. The summed E-state index contributed by atoms with van der Waals surface area (Å²) in [5, 5.41) is 12.9. The predicted molar refractivity (Wildman–Crippen MR) is 90.0 cm³/mol. The molecule has 0 saturated heterocycles. The third-order valence-electron chi connectivity index (χ3n) is 3.37. The van der Waals surface area contributed by atoms with E-state index in [1.165, 1.54) is 0 Å². The lowest BCUT2D eigenvalue weighted by Crippen LogP contribution is -2.24. The number of carbonyl (C=O) groups is 1. The van der Waals surface area contributed by atoms with Gasteiger partial charge in [0.1, 0.15) is 12.4 Å². The van der Waals surface area contributed by atoms with Gasteiger partial charge in [0.2, 0.25) is 5.91 Å². The number of amides is 1. The number of benzene rings is 2. The predicted octanol–water partition coefficient (Wildman–Crippen LogP) is 2.99. The summed E-state index contributed by atoms with van der Waals surface area (Å²) in [6, 6.07) is 16.7. The van der Waals surface area contributed by atoms with E-state index in [1.807, 2.05) is 42.5 Å². The Morgan fingerprint density at radius 3 is 2.61 bits per heavy atom. The standard InChI is InChI=1S/C19H21NO3/c1-2-12-23-18-11-7-6-10-16(18)14-20-19(22)13-17(21)15-8-4-3-5-9-15/h2-11,17,21H,1,12-14H2,(H,20,22). The number of hydrogen-bond acceptors (Lipinski definition) is 3. The quantitative estimate of drug-likeness (QED) is 0.737. The zero-order valence-corrected chi connectivity index (χ0v) is 12.9. The van der Waals surface area contributed by atoms with Crippen molar-refractivity contribution in [1.82, 2.24) is 5.32 Å². The second-order valence-electron chi connectivity index (χ2n) is 5.11. The molecule has 2 N–H and O–H groups in total. The summed E-state index contributed by atoms with van der Waals surface area (Å²) in [5.41, 5.74) is 1.62. The number of rotatable bonds is 8. The van der Waals surface area contributed by atoms with Crippen LogP contribution in [0.3, 0.4) is 0 Å². The Bertz CT molecular complexity index is 640. The van der Waals surface area contributed by atoms with Gasteiger partial charge >= 0.3 is 0 Å². The van der Waals surface area contributed by atoms with Crippen LogP contribution in [0.1, 0.15) is 23.7 Å². The van der Waals surface area contributed by atoms with Crippen LogP contribution in [0.2, 0.25) is 0 Å². The summed E-state index contributed by atoms with van der Waals surface area (Å²) in [7, 11) is 0. The fourth-order valence-corrected chi connectivity index (χ4v) is 2.17. The molecule has 0 fully saturated rings. The van der Waals surface area contributed by atoms with Crippen molar-refractivity contribution < 1.29 is 14.6 Å². The molecule has 1 amide bonds. The van der Waals surface area contributed by atoms with Crippen LogP contribution >= 0.6 is 0 Å². The van der Waals surface area contributed by atoms with Gasteiger partial charge in [-0.2, -0.15) is 0 Å². The average molecular weight is 311 g/mol. The van der Waals surface area contributed by atoms with E-state index in [-0.39, 0.29) is 12.3 Å². The van der Waals surface area contributed by atoms with E-state index >= 15 is 0 Å². The molecule has 0 aromatic heterocycles. The Morgan fingerprint density at radius 1 is 1.17 bits per heavy atom. The highest BCUT2D eigenvalue weighted by Crippen LogP contribution is 2.19. The van der Waals surface area contributed by atoms with E-state index in [9.17, 15) is 9.90 Å². The summed E-state index contributed by atoms with van der Waals surface area (Å²) < 4.78 is 5.55. The molecule has 2 aromatic carbocycles. The molecule has 1 unspecified atom stereocenters. The summed E-state index contributed by atoms with van der Waals surface area (Å²) in [4.78, 5) is 12.0. The number of para-hydroxylation sites is 1. The van der Waals surface area contributed by atoms with Gasteiger partial charge in [-0.3, -0.25) is 4.79 Å². The monoisotopic (exact) mass is 311 g/mol. The molecule has 120 valence electrons. The van der Waals surface area contributed by atoms with Crippen LogP contribution in [0.15, 0.2) is 67.3 Å². The molecule has 0 aliphatic rings. The van der Waals surface area contributed by atoms with Crippen LogP contribution in [-0.2, 0) is 11.3 Å². The third-order valence-corrected chi connectivity index (χ3v) is 3.37. The van der Waals surface area contributed by atoms with Crippen molar-refractivity contribution in [2.45, 2.75) is 19.1 Å². The topological polar surface area (TPSA) is 58.6 Å². The summed E-state index contributed by atoms with van der Waals surface area (Å²) >= 11 is 0. The molecule has 1 atom stereocenters. The number of ether oxygens (including phenoxy) is 1. The van der Waals surface area contributed by atoms with E-state index in [0.29, 0.717) is 13.2 Å². The summed E-state index contributed by atoms with van der Waals surface area (Å²) in [6.07, 6.45) is 0.897. The molecule has 0 spiro atoms. The molecular formula is C19H21NO3. The van der Waals surface area contributed by atoms with Crippen LogP contribution in [0.4, 0.5) is 0 Å². The minimum absolute atomic E-state index is 0.0275. The van der Waals surface area contributed by atoms with Crippen LogP contribution in [0.25, 0.3) is 0 Å². The number of aliphatic hydroxyl groups is 1. The van der Waals surface area contributed by atoms with Gasteiger partial charge < -0.3 is 15.2 Å². The SMILES string of the molecule is C=CCOc1ccccc1CNC(=O)CC(O)c1ccccc1. The van der Waals surface area contributed by atoms with Crippen LogP contribution < -0.4 is 10.1 Å². The normalized spacial score (nSPS) is 11.5. The Hall–Kier alpha value is -2.59. The van der Waals surface area contributed by atoms with Gasteiger partial charge in [-0.15, -0.1) is 0 Å². The van der Waals surface area contributed by atoms with Crippen molar-refractivity contribution in [2.24, 2.45) is 0 Å². The Balaban J connectivity index is 1.88. The number of nitrogens with one attached hydrogen (secondary N) is 1.